The number of aliphatic hydroxyl groups excluding tert-OH is 1. The van der Waals surface area contributed by atoms with Crippen LogP contribution in [0.1, 0.15) is 25.7 Å². The molecule has 0 aliphatic carbocycles. The highest BCUT2D eigenvalue weighted by Crippen LogP contribution is 2.19. The summed E-state index contributed by atoms with van der Waals surface area (Å²) in [5.74, 6) is 0.206. The van der Waals surface area contributed by atoms with E-state index in [9.17, 15) is 9.90 Å². The third-order valence-electron chi connectivity index (χ3n) is 3.22. The summed E-state index contributed by atoms with van der Waals surface area (Å²) >= 11 is 0. The summed E-state index contributed by atoms with van der Waals surface area (Å²) in [6.45, 7) is 2.65. The quantitative estimate of drug-likeness (QED) is 0.685. The van der Waals surface area contributed by atoms with Gasteiger partial charge in [0.1, 0.15) is 0 Å². The first-order valence-electron chi connectivity index (χ1n) is 5.82. The molecule has 0 aromatic heterocycles. The molecule has 2 atom stereocenters. The Balaban J connectivity index is 1.88. The number of β-amino-alcohol motifs (C(OH)–C–C–N with tert-alkyl or cyclic N) is 1. The molecule has 2 saturated heterocycles. The molecule has 2 rings (SSSR count). The summed E-state index contributed by atoms with van der Waals surface area (Å²) in [7, 11) is 0. The maximum absolute atomic E-state index is 12.0. The molecule has 0 saturated carbocycles. The van der Waals surface area contributed by atoms with E-state index in [1.807, 2.05) is 0 Å². The van der Waals surface area contributed by atoms with Crippen molar-refractivity contribution in [2.24, 2.45) is 5.92 Å². The lowest BCUT2D eigenvalue weighted by Gasteiger charge is -2.33. The molecule has 1 amide bonds. The highest BCUT2D eigenvalue weighted by Gasteiger charge is 2.29. The predicted molar refractivity (Wildman–Crippen MR) is 55.4 cm³/mol. The topological polar surface area (TPSA) is 49.8 Å². The second-order valence-electron chi connectivity index (χ2n) is 4.49. The van der Waals surface area contributed by atoms with Crippen LogP contribution >= 0.6 is 0 Å². The van der Waals surface area contributed by atoms with Gasteiger partial charge in [-0.15, -0.1) is 0 Å². The first kappa shape index (κ1) is 10.9. The van der Waals surface area contributed by atoms with Crippen molar-refractivity contribution in [3.8, 4) is 0 Å². The SMILES string of the molecule is O=C(C1CCCOC1)N1CCCC(O)C1. The fourth-order valence-corrected chi connectivity index (χ4v) is 2.35. The minimum Gasteiger partial charge on any atom is -0.391 e. The lowest BCUT2D eigenvalue weighted by atomic mass is 9.99. The van der Waals surface area contributed by atoms with Crippen molar-refractivity contribution < 1.29 is 14.6 Å². The van der Waals surface area contributed by atoms with E-state index in [0.717, 1.165) is 38.8 Å². The molecule has 2 fully saturated rings. The maximum Gasteiger partial charge on any atom is 0.228 e. The van der Waals surface area contributed by atoms with Gasteiger partial charge in [0.2, 0.25) is 5.91 Å². The second-order valence-corrected chi connectivity index (χ2v) is 4.49. The Morgan fingerprint density at radius 1 is 1.33 bits per heavy atom. The zero-order chi connectivity index (χ0) is 10.7. The van der Waals surface area contributed by atoms with Crippen LogP contribution in [0.3, 0.4) is 0 Å². The third-order valence-corrected chi connectivity index (χ3v) is 3.22. The first-order valence-corrected chi connectivity index (χ1v) is 5.82. The van der Waals surface area contributed by atoms with Gasteiger partial charge >= 0.3 is 0 Å². The summed E-state index contributed by atoms with van der Waals surface area (Å²) in [6, 6.07) is 0. The zero-order valence-electron chi connectivity index (χ0n) is 9.02. The maximum atomic E-state index is 12.0. The minimum atomic E-state index is -0.327. The number of hydrogen-bond acceptors (Lipinski definition) is 3. The van der Waals surface area contributed by atoms with Crippen LogP contribution in [0.5, 0.6) is 0 Å². The molecular weight excluding hydrogens is 194 g/mol. The molecule has 0 radical (unpaired) electrons. The fourth-order valence-electron chi connectivity index (χ4n) is 2.35. The first-order chi connectivity index (χ1) is 7.27. The standard InChI is InChI=1S/C11H19NO3/c13-10-4-1-5-12(7-10)11(14)9-3-2-6-15-8-9/h9-10,13H,1-8H2. The predicted octanol–water partition coefficient (Wildman–Crippen LogP) is 0.396. The van der Waals surface area contributed by atoms with Crippen LogP contribution in [0.4, 0.5) is 0 Å². The van der Waals surface area contributed by atoms with E-state index in [0.29, 0.717) is 13.2 Å². The van der Waals surface area contributed by atoms with Crippen molar-refractivity contribution in [3.63, 3.8) is 0 Å². The number of carbonyl (C=O) groups is 1. The lowest BCUT2D eigenvalue weighted by molar-refractivity contribution is -0.142. The molecule has 2 aliphatic heterocycles. The van der Waals surface area contributed by atoms with Gasteiger partial charge in [0.15, 0.2) is 0 Å². The van der Waals surface area contributed by atoms with E-state index >= 15 is 0 Å². The number of nitrogens with zero attached hydrogens (tertiary/aromatic N) is 1. The van der Waals surface area contributed by atoms with Gasteiger partial charge in [-0.2, -0.15) is 0 Å². The van der Waals surface area contributed by atoms with Gasteiger partial charge in [0.25, 0.3) is 0 Å². The molecular formula is C11H19NO3. The summed E-state index contributed by atoms with van der Waals surface area (Å²) in [6.07, 6.45) is 3.33. The van der Waals surface area contributed by atoms with Crippen molar-refractivity contribution in [1.82, 2.24) is 4.90 Å². The van der Waals surface area contributed by atoms with Crippen molar-refractivity contribution >= 4 is 5.91 Å². The van der Waals surface area contributed by atoms with Gasteiger partial charge in [-0.1, -0.05) is 0 Å². The highest BCUT2D eigenvalue weighted by atomic mass is 16.5. The number of aliphatic hydroxyl groups is 1. The molecule has 0 spiro atoms. The van der Waals surface area contributed by atoms with Gasteiger partial charge in [-0.25, -0.2) is 0 Å². The highest BCUT2D eigenvalue weighted by molar-refractivity contribution is 5.79. The normalized spacial score (nSPS) is 32.7. The third kappa shape index (κ3) is 2.69. The molecule has 4 heteroatoms. The van der Waals surface area contributed by atoms with Crippen LogP contribution in [-0.2, 0) is 9.53 Å². The van der Waals surface area contributed by atoms with Crippen LogP contribution in [-0.4, -0.2) is 48.3 Å². The molecule has 2 heterocycles. The van der Waals surface area contributed by atoms with Crippen LogP contribution < -0.4 is 0 Å². The van der Waals surface area contributed by atoms with Gasteiger partial charge in [-0.3, -0.25) is 4.79 Å². The number of rotatable bonds is 1. The van der Waals surface area contributed by atoms with Crippen LogP contribution in [0.25, 0.3) is 0 Å². The van der Waals surface area contributed by atoms with Gasteiger partial charge in [0.05, 0.1) is 18.6 Å². The monoisotopic (exact) mass is 213 g/mol. The van der Waals surface area contributed by atoms with E-state index < -0.39 is 0 Å². The smallest absolute Gasteiger partial charge is 0.228 e. The van der Waals surface area contributed by atoms with Crippen molar-refractivity contribution in [1.29, 1.82) is 0 Å². The zero-order valence-corrected chi connectivity index (χ0v) is 9.02. The summed E-state index contributed by atoms with van der Waals surface area (Å²) in [5, 5.41) is 9.50. The summed E-state index contributed by atoms with van der Waals surface area (Å²) in [4.78, 5) is 13.8. The van der Waals surface area contributed by atoms with Gasteiger partial charge < -0.3 is 14.7 Å². The minimum absolute atomic E-state index is 0.0315. The lowest BCUT2D eigenvalue weighted by Crippen LogP contribution is -2.46. The Morgan fingerprint density at radius 2 is 2.20 bits per heavy atom. The van der Waals surface area contributed by atoms with E-state index in [4.69, 9.17) is 4.74 Å². The van der Waals surface area contributed by atoms with Gasteiger partial charge in [0, 0.05) is 19.7 Å². The number of ether oxygens (including phenoxy) is 1. The molecule has 86 valence electrons. The molecule has 0 aromatic rings. The van der Waals surface area contributed by atoms with Crippen molar-refractivity contribution in [2.45, 2.75) is 31.8 Å². The van der Waals surface area contributed by atoms with Crippen molar-refractivity contribution in [3.05, 3.63) is 0 Å². The number of likely N-dealkylation sites (tertiary alicyclic amines) is 1. The number of hydrogen-bond donors (Lipinski definition) is 1. The fraction of sp³-hybridized carbons (Fsp3) is 0.909. The van der Waals surface area contributed by atoms with Crippen molar-refractivity contribution in [2.75, 3.05) is 26.3 Å². The summed E-state index contributed by atoms with van der Waals surface area (Å²) < 4.78 is 5.31. The average Bonchev–Trinajstić information content (AvgIpc) is 2.29. The molecule has 1 N–H and O–H groups in total. The number of amides is 1. The molecule has 0 bridgehead atoms. The second kappa shape index (κ2) is 4.94. The Kier molecular flexibility index (Phi) is 3.59. The summed E-state index contributed by atoms with van der Waals surface area (Å²) in [5.41, 5.74) is 0. The van der Waals surface area contributed by atoms with Crippen LogP contribution in [0.15, 0.2) is 0 Å². The number of carbonyl (C=O) groups excluding carboxylic acids is 1. The molecule has 15 heavy (non-hydrogen) atoms. The van der Waals surface area contributed by atoms with Crippen LogP contribution in [0, 0.1) is 5.92 Å². The molecule has 2 unspecified atom stereocenters. The molecule has 4 nitrogen and oxygen atoms in total. The van der Waals surface area contributed by atoms with E-state index in [2.05, 4.69) is 0 Å². The van der Waals surface area contributed by atoms with Crippen LogP contribution in [0.2, 0.25) is 0 Å². The Morgan fingerprint density at radius 3 is 2.87 bits per heavy atom. The average molecular weight is 213 g/mol. The molecule has 2 aliphatic rings. The molecule has 0 aromatic carbocycles. The Labute approximate surface area is 90.2 Å². The van der Waals surface area contributed by atoms with E-state index in [1.54, 1.807) is 4.90 Å². The van der Waals surface area contributed by atoms with E-state index in [-0.39, 0.29) is 17.9 Å². The Bertz CT molecular complexity index is 226. The largest absolute Gasteiger partial charge is 0.391 e. The number of piperidine rings is 1. The van der Waals surface area contributed by atoms with E-state index in [1.165, 1.54) is 0 Å². The Hall–Kier alpha value is -0.610. The van der Waals surface area contributed by atoms with Gasteiger partial charge in [-0.05, 0) is 25.7 Å².